The lowest BCUT2D eigenvalue weighted by Crippen LogP contribution is -2.60. The highest BCUT2D eigenvalue weighted by molar-refractivity contribution is 7.27. The lowest BCUT2D eigenvalue weighted by Gasteiger charge is -2.43. The van der Waals surface area contributed by atoms with Crippen molar-refractivity contribution in [1.82, 2.24) is 4.57 Å². The maximum absolute atomic E-state index is 2.76. The van der Waals surface area contributed by atoms with Crippen LogP contribution in [0, 0.1) is 0 Å². The van der Waals surface area contributed by atoms with Gasteiger partial charge in [0.05, 0.1) is 11.0 Å². The Labute approximate surface area is 392 Å². The van der Waals surface area contributed by atoms with Crippen LogP contribution in [0.5, 0.6) is 0 Å². The highest BCUT2D eigenvalue weighted by Gasteiger charge is 2.49. The van der Waals surface area contributed by atoms with E-state index >= 15 is 0 Å². The van der Waals surface area contributed by atoms with Crippen LogP contribution in [0.1, 0.15) is 103 Å². The minimum Gasteiger partial charge on any atom is -0.376 e. The van der Waals surface area contributed by atoms with E-state index in [4.69, 9.17) is 0 Å². The fraction of sp³-hybridized carbons (Fsp3) is 0.226. The van der Waals surface area contributed by atoms with Crippen molar-refractivity contribution in [1.29, 1.82) is 0 Å². The monoisotopic (exact) mass is 868 g/mol. The first-order chi connectivity index (χ1) is 31.5. The molecule has 0 saturated carbocycles. The molecular weight excluding hydrogens is 816 g/mol. The molecule has 2 nitrogen and oxygen atoms in total. The molecule has 0 unspecified atom stereocenters. The number of benzene rings is 8. The number of nitrogens with zero attached hydrogens (tertiary/aromatic N) is 2. The lowest BCUT2D eigenvalue weighted by molar-refractivity contribution is 0.590. The molecular formula is C62H53BN2S. The Kier molecular flexibility index (Phi) is 7.27. The van der Waals surface area contributed by atoms with Crippen LogP contribution in [-0.4, -0.2) is 11.4 Å². The zero-order chi connectivity index (χ0) is 45.1. The molecule has 320 valence electrons. The second-order valence-corrected chi connectivity index (χ2v) is 24.0. The van der Waals surface area contributed by atoms with Crippen LogP contribution in [0.25, 0.3) is 81.0 Å². The molecule has 0 spiro atoms. The van der Waals surface area contributed by atoms with E-state index in [0.29, 0.717) is 0 Å². The molecule has 8 aromatic carbocycles. The third kappa shape index (κ3) is 4.73. The van der Waals surface area contributed by atoms with Crippen LogP contribution in [0.2, 0.25) is 0 Å². The van der Waals surface area contributed by atoms with Gasteiger partial charge in [-0.1, -0.05) is 160 Å². The van der Waals surface area contributed by atoms with Crippen molar-refractivity contribution in [3.05, 3.63) is 173 Å². The summed E-state index contributed by atoms with van der Waals surface area (Å²) in [6.45, 7) is 23.7. The maximum atomic E-state index is 2.76. The van der Waals surface area contributed by atoms with Gasteiger partial charge in [0, 0.05) is 64.4 Å². The molecule has 4 aliphatic rings. The Balaban J connectivity index is 1.23. The predicted molar refractivity (Wildman–Crippen MR) is 285 cm³/mol. The van der Waals surface area contributed by atoms with Crippen molar-refractivity contribution in [2.24, 2.45) is 0 Å². The van der Waals surface area contributed by atoms with Crippen molar-refractivity contribution in [2.45, 2.75) is 90.9 Å². The van der Waals surface area contributed by atoms with Gasteiger partial charge in [-0.2, -0.15) is 0 Å². The van der Waals surface area contributed by atoms with Crippen molar-refractivity contribution in [2.75, 3.05) is 4.81 Å². The van der Waals surface area contributed by atoms with Crippen LogP contribution in [0.3, 0.4) is 0 Å². The topological polar surface area (TPSA) is 8.17 Å². The summed E-state index contributed by atoms with van der Waals surface area (Å²) in [6, 6.07) is 55.0. The van der Waals surface area contributed by atoms with Gasteiger partial charge in [0.25, 0.3) is 0 Å². The summed E-state index contributed by atoms with van der Waals surface area (Å²) in [7, 11) is 0. The quantitative estimate of drug-likeness (QED) is 0.149. The standard InChI is InChI=1S/C62H53BN2S/c1-59(2,3)34-23-26-36(27-24-34)65-50-31-40-37-17-11-14-20-44(37)61(7,8)46(40)30-43(50)53-54-39-19-13-16-22-52(39)66-58(54)55-42-29-35(60(4,5)6)25-28-49(42)64-51-32-41-38-18-12-15-21-45(38)62(9,10)47(41)33-48(51)63(65)56(53)57(55)64/h11-33H,1-10H3. The summed E-state index contributed by atoms with van der Waals surface area (Å²) >= 11 is 1.99. The largest absolute Gasteiger partial charge is 0.376 e. The zero-order valence-corrected chi connectivity index (χ0v) is 40.5. The van der Waals surface area contributed by atoms with Gasteiger partial charge in [-0.3, -0.25) is 0 Å². The fourth-order valence-corrected chi connectivity index (χ4v) is 14.3. The fourth-order valence-electron chi connectivity index (χ4n) is 13.0. The number of fused-ring (bicyclic) bond motifs is 19. The zero-order valence-electron chi connectivity index (χ0n) is 39.7. The number of hydrogen-bond acceptors (Lipinski definition) is 2. The van der Waals surface area contributed by atoms with Crippen LogP contribution < -0.4 is 15.7 Å². The van der Waals surface area contributed by atoms with Crippen molar-refractivity contribution in [3.63, 3.8) is 0 Å². The average molecular weight is 869 g/mol. The first-order valence-corrected chi connectivity index (χ1v) is 24.8. The normalized spacial score (nSPS) is 15.9. The van der Waals surface area contributed by atoms with Crippen molar-refractivity contribution in [3.8, 4) is 39.1 Å². The molecule has 0 fully saturated rings. The highest BCUT2D eigenvalue weighted by atomic mass is 32.1. The molecule has 2 aliphatic heterocycles. The van der Waals surface area contributed by atoms with Crippen LogP contribution in [0.15, 0.2) is 140 Å². The Hall–Kier alpha value is -6.36. The molecule has 2 aromatic heterocycles. The van der Waals surface area contributed by atoms with Gasteiger partial charge in [-0.25, -0.2) is 0 Å². The maximum Gasteiger partial charge on any atom is 0.333 e. The minimum absolute atomic E-state index is 0.00739. The lowest BCUT2D eigenvalue weighted by atomic mass is 9.43. The number of hydrogen-bond donors (Lipinski definition) is 0. The first kappa shape index (κ1) is 38.9. The SMILES string of the molecule is CC(C)(C)c1ccc(N2B3c4cc5c(cc4-n4c6ccc(C(C)(C)C)cc6c6c7sc8ccccc8c7c(c3c64)-c3cc4c(cc32)-c2ccccc2C4(C)C)-c2ccccc2C5(C)C)cc1. The molecule has 4 heteroatoms. The van der Waals surface area contributed by atoms with Gasteiger partial charge in [-0.15, -0.1) is 11.3 Å². The molecule has 0 amide bonds. The van der Waals surface area contributed by atoms with Crippen molar-refractivity contribution < 1.29 is 0 Å². The van der Waals surface area contributed by atoms with E-state index in [1.165, 1.54) is 137 Å². The first-order valence-electron chi connectivity index (χ1n) is 24.0. The predicted octanol–water partition coefficient (Wildman–Crippen LogP) is 15.6. The number of aromatic nitrogens is 1. The summed E-state index contributed by atoms with van der Waals surface area (Å²) in [6.07, 6.45) is 0. The van der Waals surface area contributed by atoms with E-state index in [-0.39, 0.29) is 28.5 Å². The molecule has 0 radical (unpaired) electrons. The molecule has 14 rings (SSSR count). The number of thiophene rings is 1. The molecule has 0 N–H and O–H groups in total. The summed E-state index contributed by atoms with van der Waals surface area (Å²) < 4.78 is 5.45. The van der Waals surface area contributed by atoms with Crippen LogP contribution >= 0.6 is 11.3 Å². The molecule has 10 aromatic rings. The van der Waals surface area contributed by atoms with E-state index in [9.17, 15) is 0 Å². The molecule has 0 atom stereocenters. The molecule has 66 heavy (non-hydrogen) atoms. The number of rotatable bonds is 1. The second kappa shape index (κ2) is 12.3. The summed E-state index contributed by atoms with van der Waals surface area (Å²) in [5, 5.41) is 5.49. The average Bonchev–Trinajstić information content (AvgIpc) is 3.98. The summed E-state index contributed by atoms with van der Waals surface area (Å²) in [5.74, 6) is 0. The van der Waals surface area contributed by atoms with Gasteiger partial charge in [-0.05, 0) is 131 Å². The van der Waals surface area contributed by atoms with Gasteiger partial charge >= 0.3 is 6.85 Å². The van der Waals surface area contributed by atoms with E-state index in [1.807, 2.05) is 11.3 Å². The van der Waals surface area contributed by atoms with Crippen molar-refractivity contribution >= 4 is 82.5 Å². The Morgan fingerprint density at radius 2 is 1.09 bits per heavy atom. The van der Waals surface area contributed by atoms with E-state index < -0.39 is 0 Å². The molecule has 4 heterocycles. The van der Waals surface area contributed by atoms with Crippen LogP contribution in [-0.2, 0) is 21.7 Å². The van der Waals surface area contributed by atoms with Gasteiger partial charge < -0.3 is 9.38 Å². The van der Waals surface area contributed by atoms with Gasteiger partial charge in [0.1, 0.15) is 0 Å². The minimum atomic E-state index is -0.158. The Morgan fingerprint density at radius 1 is 0.500 bits per heavy atom. The molecule has 0 saturated heterocycles. The van der Waals surface area contributed by atoms with E-state index in [1.54, 1.807) is 0 Å². The Bertz CT molecular complexity index is 3840. The molecule has 2 aliphatic carbocycles. The molecule has 0 bridgehead atoms. The van der Waals surface area contributed by atoms with E-state index in [0.717, 1.165) is 0 Å². The smallest absolute Gasteiger partial charge is 0.333 e. The summed E-state index contributed by atoms with van der Waals surface area (Å²) in [4.78, 5) is 2.76. The van der Waals surface area contributed by atoms with Crippen LogP contribution in [0.4, 0.5) is 11.4 Å². The second-order valence-electron chi connectivity index (χ2n) is 22.9. The van der Waals surface area contributed by atoms with Gasteiger partial charge in [0.2, 0.25) is 0 Å². The third-order valence-electron chi connectivity index (χ3n) is 16.5. The highest BCUT2D eigenvalue weighted by Crippen LogP contribution is 2.58. The third-order valence-corrected chi connectivity index (χ3v) is 17.7. The van der Waals surface area contributed by atoms with Gasteiger partial charge in [0.15, 0.2) is 0 Å². The van der Waals surface area contributed by atoms with E-state index in [2.05, 4.69) is 218 Å². The Morgan fingerprint density at radius 3 is 1.76 bits per heavy atom. The number of anilines is 2. The summed E-state index contributed by atoms with van der Waals surface area (Å²) in [5.41, 5.74) is 25.5.